The lowest BCUT2D eigenvalue weighted by Gasteiger charge is -2.37. The summed E-state index contributed by atoms with van der Waals surface area (Å²) in [6.45, 7) is 0.556. The molecule has 0 aromatic heterocycles. The molecule has 7 heteroatoms. The topological polar surface area (TPSA) is 49.9 Å². The zero-order chi connectivity index (χ0) is 17.3. The minimum Gasteiger partial charge on any atom is -0.497 e. The van der Waals surface area contributed by atoms with E-state index in [1.165, 1.54) is 12.0 Å². The molecule has 2 amide bonds. The monoisotopic (exact) mass is 338 g/mol. The van der Waals surface area contributed by atoms with E-state index in [2.05, 4.69) is 0 Å². The molecule has 0 spiro atoms. The molecule has 1 aliphatic carbocycles. The SMILES string of the molecule is COc1cc(F)c(C(=O)N2CCN(C3CCCC3)C(=O)C2)c(F)c1. The van der Waals surface area contributed by atoms with Gasteiger partial charge in [0.05, 0.1) is 7.11 Å². The fraction of sp³-hybridized carbons (Fsp3) is 0.529. The minimum absolute atomic E-state index is 0.00341. The average molecular weight is 338 g/mol. The van der Waals surface area contributed by atoms with E-state index < -0.39 is 23.1 Å². The Bertz CT molecular complexity index is 636. The number of methoxy groups -OCH3 is 1. The molecule has 1 saturated carbocycles. The Hall–Kier alpha value is -2.18. The molecular weight excluding hydrogens is 318 g/mol. The number of nitrogens with zero attached hydrogens (tertiary/aromatic N) is 2. The summed E-state index contributed by atoms with van der Waals surface area (Å²) in [5, 5.41) is 0. The summed E-state index contributed by atoms with van der Waals surface area (Å²) in [6, 6.07) is 2.17. The van der Waals surface area contributed by atoms with Crippen LogP contribution in [-0.2, 0) is 4.79 Å². The van der Waals surface area contributed by atoms with Gasteiger partial charge in [-0.15, -0.1) is 0 Å². The lowest BCUT2D eigenvalue weighted by atomic mass is 10.1. The summed E-state index contributed by atoms with van der Waals surface area (Å²) in [4.78, 5) is 27.8. The van der Waals surface area contributed by atoms with E-state index in [-0.39, 0.29) is 30.8 Å². The van der Waals surface area contributed by atoms with Gasteiger partial charge in [0.2, 0.25) is 5.91 Å². The van der Waals surface area contributed by atoms with Crippen LogP contribution >= 0.6 is 0 Å². The third-order valence-electron chi connectivity index (χ3n) is 4.78. The Morgan fingerprint density at radius 3 is 2.33 bits per heavy atom. The lowest BCUT2D eigenvalue weighted by Crippen LogP contribution is -2.55. The van der Waals surface area contributed by atoms with Crippen molar-refractivity contribution in [2.45, 2.75) is 31.7 Å². The Morgan fingerprint density at radius 1 is 1.17 bits per heavy atom. The molecule has 1 saturated heterocycles. The van der Waals surface area contributed by atoms with Crippen LogP contribution in [0.4, 0.5) is 8.78 Å². The van der Waals surface area contributed by atoms with Crippen LogP contribution in [0.2, 0.25) is 0 Å². The van der Waals surface area contributed by atoms with Crippen molar-refractivity contribution in [3.8, 4) is 5.75 Å². The Labute approximate surface area is 139 Å². The van der Waals surface area contributed by atoms with Crippen molar-refractivity contribution in [1.82, 2.24) is 9.80 Å². The molecule has 1 aromatic rings. The number of carbonyl (C=O) groups is 2. The Balaban J connectivity index is 1.74. The zero-order valence-corrected chi connectivity index (χ0v) is 13.6. The molecule has 5 nitrogen and oxygen atoms in total. The van der Waals surface area contributed by atoms with Crippen LogP contribution < -0.4 is 4.74 Å². The third-order valence-corrected chi connectivity index (χ3v) is 4.78. The van der Waals surface area contributed by atoms with E-state index in [1.54, 1.807) is 4.90 Å². The van der Waals surface area contributed by atoms with Crippen molar-refractivity contribution in [3.05, 3.63) is 29.3 Å². The number of hydrogen-bond donors (Lipinski definition) is 0. The largest absolute Gasteiger partial charge is 0.497 e. The van der Waals surface area contributed by atoms with Gasteiger partial charge in [-0.1, -0.05) is 12.8 Å². The van der Waals surface area contributed by atoms with Gasteiger partial charge in [0, 0.05) is 31.3 Å². The van der Waals surface area contributed by atoms with Gasteiger partial charge in [-0.3, -0.25) is 9.59 Å². The highest BCUT2D eigenvalue weighted by Crippen LogP contribution is 2.26. The fourth-order valence-electron chi connectivity index (χ4n) is 3.49. The van der Waals surface area contributed by atoms with Crippen LogP contribution in [0, 0.1) is 11.6 Å². The van der Waals surface area contributed by atoms with Crippen molar-refractivity contribution in [3.63, 3.8) is 0 Å². The second-order valence-electron chi connectivity index (χ2n) is 6.22. The number of carbonyl (C=O) groups excluding carboxylic acids is 2. The van der Waals surface area contributed by atoms with Crippen molar-refractivity contribution < 1.29 is 23.1 Å². The summed E-state index contributed by atoms with van der Waals surface area (Å²) >= 11 is 0. The predicted molar refractivity (Wildman–Crippen MR) is 82.8 cm³/mol. The Kier molecular flexibility index (Phi) is 4.69. The molecule has 2 fully saturated rings. The van der Waals surface area contributed by atoms with Gasteiger partial charge in [0.1, 0.15) is 29.5 Å². The maximum absolute atomic E-state index is 14.1. The molecule has 3 rings (SSSR count). The van der Waals surface area contributed by atoms with Crippen LogP contribution in [-0.4, -0.2) is 54.4 Å². The van der Waals surface area contributed by atoms with E-state index in [9.17, 15) is 18.4 Å². The number of amides is 2. The molecule has 0 radical (unpaired) electrons. The maximum atomic E-state index is 14.1. The van der Waals surface area contributed by atoms with Crippen LogP contribution in [0.15, 0.2) is 12.1 Å². The minimum atomic E-state index is -0.984. The summed E-state index contributed by atoms with van der Waals surface area (Å²) in [5.41, 5.74) is -0.641. The van der Waals surface area contributed by atoms with E-state index in [4.69, 9.17) is 4.74 Å². The molecule has 0 bridgehead atoms. The molecule has 24 heavy (non-hydrogen) atoms. The second kappa shape index (κ2) is 6.75. The normalized spacial score (nSPS) is 19.0. The molecule has 2 aliphatic rings. The van der Waals surface area contributed by atoms with Crippen LogP contribution in [0.5, 0.6) is 5.75 Å². The predicted octanol–water partition coefficient (Wildman–Crippen LogP) is 2.20. The second-order valence-corrected chi connectivity index (χ2v) is 6.22. The molecule has 1 aliphatic heterocycles. The zero-order valence-electron chi connectivity index (χ0n) is 13.6. The summed E-state index contributed by atoms with van der Waals surface area (Å²) in [6.07, 6.45) is 4.20. The fourth-order valence-corrected chi connectivity index (χ4v) is 3.49. The van der Waals surface area contributed by atoms with E-state index >= 15 is 0 Å². The van der Waals surface area contributed by atoms with Gasteiger partial charge in [-0.05, 0) is 12.8 Å². The summed E-state index contributed by atoms with van der Waals surface area (Å²) in [7, 11) is 1.29. The highest BCUT2D eigenvalue weighted by molar-refractivity contribution is 5.97. The average Bonchev–Trinajstić information content (AvgIpc) is 3.08. The van der Waals surface area contributed by atoms with Crippen molar-refractivity contribution >= 4 is 11.8 Å². The standard InChI is InChI=1S/C17H20F2N2O3/c1-24-12-8-13(18)16(14(19)9-12)17(23)20-6-7-21(15(22)10-20)11-4-2-3-5-11/h8-9,11H,2-7,10H2,1H3. The van der Waals surface area contributed by atoms with Gasteiger partial charge >= 0.3 is 0 Å². The van der Waals surface area contributed by atoms with Crippen LogP contribution in [0.25, 0.3) is 0 Å². The first-order valence-corrected chi connectivity index (χ1v) is 8.13. The first-order chi connectivity index (χ1) is 11.5. The van der Waals surface area contributed by atoms with Gasteiger partial charge in [0.15, 0.2) is 0 Å². The highest BCUT2D eigenvalue weighted by atomic mass is 19.1. The summed E-state index contributed by atoms with van der Waals surface area (Å²) in [5.74, 6) is -2.92. The molecule has 1 aromatic carbocycles. The van der Waals surface area contributed by atoms with Crippen LogP contribution in [0.3, 0.4) is 0 Å². The number of benzene rings is 1. The van der Waals surface area contributed by atoms with Gasteiger partial charge in [-0.25, -0.2) is 8.78 Å². The van der Waals surface area contributed by atoms with Gasteiger partial charge in [-0.2, -0.15) is 0 Å². The quantitative estimate of drug-likeness (QED) is 0.849. The first kappa shape index (κ1) is 16.7. The van der Waals surface area contributed by atoms with Crippen molar-refractivity contribution in [2.24, 2.45) is 0 Å². The highest BCUT2D eigenvalue weighted by Gasteiger charge is 2.34. The maximum Gasteiger partial charge on any atom is 0.260 e. The third kappa shape index (κ3) is 3.07. The number of hydrogen-bond acceptors (Lipinski definition) is 3. The number of piperazine rings is 1. The van der Waals surface area contributed by atoms with Crippen molar-refractivity contribution in [2.75, 3.05) is 26.7 Å². The van der Waals surface area contributed by atoms with Gasteiger partial charge in [0.25, 0.3) is 5.91 Å². The van der Waals surface area contributed by atoms with Crippen LogP contribution in [0.1, 0.15) is 36.0 Å². The van der Waals surface area contributed by atoms with Crippen molar-refractivity contribution in [1.29, 1.82) is 0 Å². The number of rotatable bonds is 3. The molecule has 0 N–H and O–H groups in total. The van der Waals surface area contributed by atoms with E-state index in [1.807, 2.05) is 0 Å². The number of halogens is 2. The Morgan fingerprint density at radius 2 is 1.79 bits per heavy atom. The van der Waals surface area contributed by atoms with E-state index in [0.717, 1.165) is 37.8 Å². The molecule has 1 heterocycles. The molecule has 0 unspecified atom stereocenters. The summed E-state index contributed by atoms with van der Waals surface area (Å²) < 4.78 is 32.9. The smallest absolute Gasteiger partial charge is 0.260 e. The lowest BCUT2D eigenvalue weighted by molar-refractivity contribution is -0.137. The van der Waals surface area contributed by atoms with E-state index in [0.29, 0.717) is 6.54 Å². The molecule has 130 valence electrons. The molecule has 0 atom stereocenters. The molecular formula is C17H20F2N2O3. The van der Waals surface area contributed by atoms with Gasteiger partial charge < -0.3 is 14.5 Å². The number of ether oxygens (including phenoxy) is 1. The first-order valence-electron chi connectivity index (χ1n) is 8.13.